The van der Waals surface area contributed by atoms with Gasteiger partial charge in [-0.05, 0) is 30.5 Å². The van der Waals surface area contributed by atoms with Crippen LogP contribution in [0.4, 0.5) is 0 Å². The van der Waals surface area contributed by atoms with Gasteiger partial charge in [-0.25, -0.2) is 0 Å². The zero-order valence-corrected chi connectivity index (χ0v) is 9.99. The average Bonchev–Trinajstić information content (AvgIpc) is 3.01. The van der Waals surface area contributed by atoms with Crippen molar-refractivity contribution in [2.45, 2.75) is 25.4 Å². The number of aliphatic hydroxyl groups is 1. The lowest BCUT2D eigenvalue weighted by Crippen LogP contribution is -2.10. The van der Waals surface area contributed by atoms with Crippen LogP contribution < -0.4 is 9.47 Å². The number of methoxy groups -OCH3 is 2. The molecule has 0 aliphatic heterocycles. The second kappa shape index (κ2) is 3.98. The Morgan fingerprint density at radius 2 is 2.12 bits per heavy atom. The maximum absolute atomic E-state index is 10.5. The van der Waals surface area contributed by atoms with Crippen molar-refractivity contribution in [2.75, 3.05) is 14.2 Å². The summed E-state index contributed by atoms with van der Waals surface area (Å²) >= 11 is 0. The van der Waals surface area contributed by atoms with E-state index in [0.717, 1.165) is 29.9 Å². The number of rotatable bonds is 4. The molecule has 16 heavy (non-hydrogen) atoms. The smallest absolute Gasteiger partial charge is 0.125 e. The maximum atomic E-state index is 10.5. The van der Waals surface area contributed by atoms with E-state index in [1.165, 1.54) is 0 Å². The second-order valence-electron chi connectivity index (χ2n) is 4.30. The van der Waals surface area contributed by atoms with Gasteiger partial charge in [0.15, 0.2) is 0 Å². The van der Waals surface area contributed by atoms with E-state index in [2.05, 4.69) is 6.92 Å². The Morgan fingerprint density at radius 1 is 1.38 bits per heavy atom. The molecule has 1 aliphatic rings. The fourth-order valence-corrected chi connectivity index (χ4v) is 2.28. The molecule has 0 amide bonds. The zero-order chi connectivity index (χ0) is 11.8. The van der Waals surface area contributed by atoms with Gasteiger partial charge in [0.1, 0.15) is 11.5 Å². The van der Waals surface area contributed by atoms with Crippen LogP contribution in [0.15, 0.2) is 18.2 Å². The minimum atomic E-state index is -0.714. The van der Waals surface area contributed by atoms with Crippen LogP contribution in [0.3, 0.4) is 0 Å². The third kappa shape index (κ3) is 1.65. The minimum absolute atomic E-state index is 0.341. The molecule has 1 fully saturated rings. The molecule has 1 saturated carbocycles. The Hall–Kier alpha value is -1.22. The lowest BCUT2D eigenvalue weighted by molar-refractivity contribution is 0.126. The van der Waals surface area contributed by atoms with Crippen LogP contribution in [0.5, 0.6) is 11.5 Å². The van der Waals surface area contributed by atoms with E-state index < -0.39 is 5.60 Å². The molecule has 1 aromatic rings. The maximum Gasteiger partial charge on any atom is 0.125 e. The van der Waals surface area contributed by atoms with Gasteiger partial charge in [-0.3, -0.25) is 0 Å². The monoisotopic (exact) mass is 222 g/mol. The van der Waals surface area contributed by atoms with Gasteiger partial charge in [0.05, 0.1) is 19.8 Å². The highest BCUT2D eigenvalue weighted by Crippen LogP contribution is 2.56. The molecular weight excluding hydrogens is 204 g/mol. The quantitative estimate of drug-likeness (QED) is 0.849. The summed E-state index contributed by atoms with van der Waals surface area (Å²) in [6.07, 6.45) is 1.80. The molecule has 3 nitrogen and oxygen atoms in total. The molecule has 2 rings (SSSR count). The van der Waals surface area contributed by atoms with E-state index in [1.54, 1.807) is 14.2 Å². The molecule has 1 N–H and O–H groups in total. The van der Waals surface area contributed by atoms with Crippen molar-refractivity contribution in [1.82, 2.24) is 0 Å². The van der Waals surface area contributed by atoms with Crippen molar-refractivity contribution in [3.8, 4) is 11.5 Å². The van der Waals surface area contributed by atoms with Gasteiger partial charge in [0.2, 0.25) is 0 Å². The first-order valence-electron chi connectivity index (χ1n) is 5.60. The standard InChI is InChI=1S/C13H18O3/c1-4-9-8-13(9,14)11-7-10(15-2)5-6-12(11)16-3/h5-7,9,14H,4,8H2,1-3H3. The van der Waals surface area contributed by atoms with Gasteiger partial charge >= 0.3 is 0 Å². The van der Waals surface area contributed by atoms with Crippen molar-refractivity contribution in [3.63, 3.8) is 0 Å². The summed E-state index contributed by atoms with van der Waals surface area (Å²) in [5.41, 5.74) is 0.135. The fraction of sp³-hybridized carbons (Fsp3) is 0.538. The number of benzene rings is 1. The van der Waals surface area contributed by atoms with Gasteiger partial charge in [-0.1, -0.05) is 13.3 Å². The number of hydrogen-bond donors (Lipinski definition) is 1. The Labute approximate surface area is 96.0 Å². The zero-order valence-electron chi connectivity index (χ0n) is 9.99. The first-order valence-corrected chi connectivity index (χ1v) is 5.60. The first-order chi connectivity index (χ1) is 7.65. The van der Waals surface area contributed by atoms with Crippen molar-refractivity contribution in [3.05, 3.63) is 23.8 Å². The third-order valence-corrected chi connectivity index (χ3v) is 3.44. The Morgan fingerprint density at radius 3 is 2.62 bits per heavy atom. The SMILES string of the molecule is CCC1CC1(O)c1cc(OC)ccc1OC. The lowest BCUT2D eigenvalue weighted by Gasteiger charge is -2.16. The van der Waals surface area contributed by atoms with Gasteiger partial charge in [-0.15, -0.1) is 0 Å². The van der Waals surface area contributed by atoms with Crippen molar-refractivity contribution in [2.24, 2.45) is 5.92 Å². The molecule has 3 heteroatoms. The first kappa shape index (κ1) is 11.3. The van der Waals surface area contributed by atoms with Crippen molar-refractivity contribution < 1.29 is 14.6 Å². The molecule has 0 saturated heterocycles. The summed E-state index contributed by atoms with van der Waals surface area (Å²) in [7, 11) is 3.25. The predicted octanol–water partition coefficient (Wildman–Crippen LogP) is 2.32. The summed E-state index contributed by atoms with van der Waals surface area (Å²) in [4.78, 5) is 0. The van der Waals surface area contributed by atoms with E-state index >= 15 is 0 Å². The average molecular weight is 222 g/mol. The van der Waals surface area contributed by atoms with E-state index in [1.807, 2.05) is 18.2 Å². The van der Waals surface area contributed by atoms with E-state index in [-0.39, 0.29) is 0 Å². The van der Waals surface area contributed by atoms with Crippen LogP contribution in [-0.4, -0.2) is 19.3 Å². The topological polar surface area (TPSA) is 38.7 Å². The highest BCUT2D eigenvalue weighted by atomic mass is 16.5. The molecular formula is C13H18O3. The summed E-state index contributed by atoms with van der Waals surface area (Å²) < 4.78 is 10.5. The predicted molar refractivity (Wildman–Crippen MR) is 61.8 cm³/mol. The molecule has 1 aliphatic carbocycles. The molecule has 0 spiro atoms. The van der Waals surface area contributed by atoms with Crippen LogP contribution in [0.25, 0.3) is 0 Å². The Bertz CT molecular complexity index is 389. The summed E-state index contributed by atoms with van der Waals surface area (Å²) in [5.74, 6) is 1.83. The summed E-state index contributed by atoms with van der Waals surface area (Å²) in [6, 6.07) is 5.56. The molecule has 0 bridgehead atoms. The minimum Gasteiger partial charge on any atom is -0.497 e. The molecule has 2 atom stereocenters. The molecule has 88 valence electrons. The van der Waals surface area contributed by atoms with Crippen LogP contribution in [-0.2, 0) is 5.60 Å². The molecule has 0 radical (unpaired) electrons. The second-order valence-corrected chi connectivity index (χ2v) is 4.30. The molecule has 2 unspecified atom stereocenters. The van der Waals surface area contributed by atoms with E-state index in [0.29, 0.717) is 5.92 Å². The summed E-state index contributed by atoms with van der Waals surface area (Å²) in [5, 5.41) is 10.5. The van der Waals surface area contributed by atoms with Crippen LogP contribution in [0, 0.1) is 5.92 Å². The molecule has 0 heterocycles. The number of hydrogen-bond acceptors (Lipinski definition) is 3. The third-order valence-electron chi connectivity index (χ3n) is 3.44. The lowest BCUT2D eigenvalue weighted by atomic mass is 10.0. The van der Waals surface area contributed by atoms with Gasteiger partial charge < -0.3 is 14.6 Å². The normalized spacial score (nSPS) is 27.6. The van der Waals surface area contributed by atoms with Crippen LogP contribution in [0.2, 0.25) is 0 Å². The van der Waals surface area contributed by atoms with E-state index in [4.69, 9.17) is 9.47 Å². The number of ether oxygens (including phenoxy) is 2. The molecule has 1 aromatic carbocycles. The van der Waals surface area contributed by atoms with Gasteiger partial charge in [0, 0.05) is 5.56 Å². The largest absolute Gasteiger partial charge is 0.497 e. The van der Waals surface area contributed by atoms with Crippen LogP contribution >= 0.6 is 0 Å². The highest BCUT2D eigenvalue weighted by Gasteiger charge is 2.54. The Balaban J connectivity index is 2.38. The Kier molecular flexibility index (Phi) is 2.80. The van der Waals surface area contributed by atoms with Crippen LogP contribution in [0.1, 0.15) is 25.3 Å². The summed E-state index contributed by atoms with van der Waals surface area (Å²) in [6.45, 7) is 2.09. The van der Waals surface area contributed by atoms with Gasteiger partial charge in [-0.2, -0.15) is 0 Å². The van der Waals surface area contributed by atoms with Gasteiger partial charge in [0.25, 0.3) is 0 Å². The fourth-order valence-electron chi connectivity index (χ4n) is 2.28. The molecule has 0 aromatic heterocycles. The van der Waals surface area contributed by atoms with Crippen molar-refractivity contribution in [1.29, 1.82) is 0 Å². The highest BCUT2D eigenvalue weighted by molar-refractivity contribution is 5.46. The van der Waals surface area contributed by atoms with E-state index in [9.17, 15) is 5.11 Å². The van der Waals surface area contributed by atoms with Crippen molar-refractivity contribution >= 4 is 0 Å².